The monoisotopic (exact) mass is 188 g/mol. The molecule has 1 fully saturated rings. The van der Waals surface area contributed by atoms with Crippen molar-refractivity contribution in [1.29, 1.82) is 0 Å². The Hall–Kier alpha value is -0.820. The molecule has 5 unspecified atom stereocenters. The molecule has 0 heterocycles. The molecule has 1 nitrogen and oxygen atoms in total. The maximum absolute atomic E-state index is 5.71. The molecule has 74 valence electrons. The van der Waals surface area contributed by atoms with Crippen LogP contribution in [0.15, 0.2) is 37.0 Å². The molecule has 5 atom stereocenters. The first-order chi connectivity index (χ1) is 6.80. The summed E-state index contributed by atoms with van der Waals surface area (Å²) >= 11 is 0. The minimum absolute atomic E-state index is 0.0919. The van der Waals surface area contributed by atoms with Gasteiger partial charge in [-0.05, 0) is 24.2 Å². The molecule has 0 amide bonds. The van der Waals surface area contributed by atoms with Crippen molar-refractivity contribution >= 4 is 0 Å². The zero-order chi connectivity index (χ0) is 9.76. The molecular weight excluding hydrogens is 172 g/mol. The Bertz CT molecular complexity index is 328. The van der Waals surface area contributed by atoms with Crippen LogP contribution in [0.4, 0.5) is 0 Å². The molecule has 0 radical (unpaired) electrons. The van der Waals surface area contributed by atoms with Gasteiger partial charge in [0.1, 0.15) is 0 Å². The normalized spacial score (nSPS) is 52.6. The Morgan fingerprint density at radius 3 is 2.86 bits per heavy atom. The Morgan fingerprint density at radius 1 is 1.36 bits per heavy atom. The summed E-state index contributed by atoms with van der Waals surface area (Å²) in [7, 11) is 1.81. The summed E-state index contributed by atoms with van der Waals surface area (Å²) in [5.41, 5.74) is -0.0919. The van der Waals surface area contributed by atoms with Gasteiger partial charge in [-0.25, -0.2) is 0 Å². The minimum atomic E-state index is -0.0919. The second-order valence-electron chi connectivity index (χ2n) is 4.68. The summed E-state index contributed by atoms with van der Waals surface area (Å²) in [6.45, 7) is 3.95. The third-order valence-corrected chi connectivity index (χ3v) is 4.32. The van der Waals surface area contributed by atoms with Gasteiger partial charge in [0, 0.05) is 13.0 Å². The van der Waals surface area contributed by atoms with Gasteiger partial charge in [-0.1, -0.05) is 30.4 Å². The van der Waals surface area contributed by atoms with E-state index >= 15 is 0 Å². The summed E-state index contributed by atoms with van der Waals surface area (Å²) in [5.74, 6) is 2.68. The molecular formula is C13H16O. The highest BCUT2D eigenvalue weighted by Gasteiger charge is 2.55. The lowest BCUT2D eigenvalue weighted by atomic mass is 9.85. The van der Waals surface area contributed by atoms with Crippen LogP contribution in [-0.2, 0) is 4.74 Å². The minimum Gasteiger partial charge on any atom is -0.374 e. The van der Waals surface area contributed by atoms with Crippen LogP contribution in [0.3, 0.4) is 0 Å². The van der Waals surface area contributed by atoms with Crippen molar-refractivity contribution in [1.82, 2.24) is 0 Å². The van der Waals surface area contributed by atoms with Crippen LogP contribution in [-0.4, -0.2) is 12.7 Å². The number of ether oxygens (including phenoxy) is 1. The van der Waals surface area contributed by atoms with Crippen LogP contribution < -0.4 is 0 Å². The van der Waals surface area contributed by atoms with Crippen molar-refractivity contribution in [2.24, 2.45) is 23.7 Å². The Morgan fingerprint density at radius 2 is 2.14 bits per heavy atom. The van der Waals surface area contributed by atoms with Crippen LogP contribution in [0, 0.1) is 23.7 Å². The van der Waals surface area contributed by atoms with E-state index in [-0.39, 0.29) is 5.60 Å². The van der Waals surface area contributed by atoms with Crippen LogP contribution in [0.25, 0.3) is 0 Å². The van der Waals surface area contributed by atoms with Crippen molar-refractivity contribution in [2.45, 2.75) is 12.0 Å². The summed E-state index contributed by atoms with van der Waals surface area (Å²) in [4.78, 5) is 0. The molecule has 0 aromatic carbocycles. The summed E-state index contributed by atoms with van der Waals surface area (Å²) in [6, 6.07) is 0. The molecule has 3 aliphatic rings. The molecule has 0 N–H and O–H groups in total. The topological polar surface area (TPSA) is 9.23 Å². The molecule has 0 aliphatic heterocycles. The predicted molar refractivity (Wildman–Crippen MR) is 56.8 cm³/mol. The van der Waals surface area contributed by atoms with E-state index in [0.29, 0.717) is 17.8 Å². The lowest BCUT2D eigenvalue weighted by Gasteiger charge is -2.29. The number of allylic oxidation sites excluding steroid dienone is 3. The molecule has 3 aliphatic carbocycles. The number of hydrogen-bond acceptors (Lipinski definition) is 1. The maximum atomic E-state index is 5.71. The highest BCUT2D eigenvalue weighted by Crippen LogP contribution is 2.57. The van der Waals surface area contributed by atoms with Gasteiger partial charge in [0.05, 0.1) is 5.60 Å². The fourth-order valence-electron chi connectivity index (χ4n) is 3.61. The third-order valence-electron chi connectivity index (χ3n) is 4.32. The van der Waals surface area contributed by atoms with Gasteiger partial charge < -0.3 is 4.74 Å². The van der Waals surface area contributed by atoms with Gasteiger partial charge in [-0.3, -0.25) is 0 Å². The molecule has 3 rings (SSSR count). The second kappa shape index (κ2) is 2.60. The van der Waals surface area contributed by atoms with E-state index < -0.39 is 0 Å². The van der Waals surface area contributed by atoms with Gasteiger partial charge in [-0.2, -0.15) is 0 Å². The van der Waals surface area contributed by atoms with Gasteiger partial charge in [0.25, 0.3) is 0 Å². The largest absolute Gasteiger partial charge is 0.374 e. The lowest BCUT2D eigenvalue weighted by molar-refractivity contribution is 0.00881. The molecule has 1 saturated carbocycles. The van der Waals surface area contributed by atoms with Crippen molar-refractivity contribution in [2.75, 3.05) is 7.11 Å². The number of hydrogen-bond donors (Lipinski definition) is 0. The molecule has 0 aromatic heterocycles. The highest BCUT2D eigenvalue weighted by molar-refractivity contribution is 5.31. The fraction of sp³-hybridized carbons (Fsp3) is 0.538. The highest BCUT2D eigenvalue weighted by atomic mass is 16.5. The van der Waals surface area contributed by atoms with E-state index in [1.165, 1.54) is 0 Å². The van der Waals surface area contributed by atoms with E-state index in [0.717, 1.165) is 12.3 Å². The quantitative estimate of drug-likeness (QED) is 0.605. The smallest absolute Gasteiger partial charge is 0.0927 e. The van der Waals surface area contributed by atoms with Gasteiger partial charge in [0.15, 0.2) is 0 Å². The predicted octanol–water partition coefficient (Wildman–Crippen LogP) is 2.57. The van der Waals surface area contributed by atoms with Crippen LogP contribution >= 0.6 is 0 Å². The third kappa shape index (κ3) is 0.795. The van der Waals surface area contributed by atoms with E-state index in [4.69, 9.17) is 4.74 Å². The van der Waals surface area contributed by atoms with Crippen molar-refractivity contribution in [3.8, 4) is 0 Å². The molecule has 0 saturated heterocycles. The molecule has 0 aromatic rings. The fourth-order valence-corrected chi connectivity index (χ4v) is 3.61. The molecule has 0 spiro atoms. The SMILES string of the molecule is C=CC1(OC)CC2C=CC3C=CC1C32. The first-order valence-electron chi connectivity index (χ1n) is 5.36. The standard InChI is InChI=1S/C13H16O/c1-3-13(14-2)8-10-5-4-9-6-7-11(13)12(9)10/h3-7,9-12H,1,8H2,2H3. The van der Waals surface area contributed by atoms with Crippen LogP contribution in [0.5, 0.6) is 0 Å². The molecule has 1 heteroatoms. The van der Waals surface area contributed by atoms with Crippen molar-refractivity contribution in [3.05, 3.63) is 37.0 Å². The molecule has 0 bridgehead atoms. The Balaban J connectivity index is 2.04. The summed E-state index contributed by atoms with van der Waals surface area (Å²) < 4.78 is 5.71. The van der Waals surface area contributed by atoms with Gasteiger partial charge in [-0.15, -0.1) is 6.58 Å². The van der Waals surface area contributed by atoms with E-state index in [1.807, 2.05) is 13.2 Å². The van der Waals surface area contributed by atoms with Crippen LogP contribution in [0.1, 0.15) is 6.42 Å². The first kappa shape index (κ1) is 8.49. The average Bonchev–Trinajstić information content (AvgIpc) is 2.85. The van der Waals surface area contributed by atoms with E-state index in [2.05, 4.69) is 30.9 Å². The van der Waals surface area contributed by atoms with E-state index in [1.54, 1.807) is 0 Å². The Labute approximate surface area is 85.1 Å². The summed E-state index contributed by atoms with van der Waals surface area (Å²) in [6.07, 6.45) is 12.5. The Kier molecular flexibility index (Phi) is 1.58. The zero-order valence-electron chi connectivity index (χ0n) is 8.52. The lowest BCUT2D eigenvalue weighted by Crippen LogP contribution is -2.33. The average molecular weight is 188 g/mol. The summed E-state index contributed by atoms with van der Waals surface area (Å²) in [5, 5.41) is 0. The van der Waals surface area contributed by atoms with Crippen molar-refractivity contribution < 1.29 is 4.74 Å². The number of rotatable bonds is 2. The first-order valence-corrected chi connectivity index (χ1v) is 5.36. The zero-order valence-corrected chi connectivity index (χ0v) is 8.52. The van der Waals surface area contributed by atoms with Crippen molar-refractivity contribution in [3.63, 3.8) is 0 Å². The van der Waals surface area contributed by atoms with Gasteiger partial charge >= 0.3 is 0 Å². The number of methoxy groups -OCH3 is 1. The van der Waals surface area contributed by atoms with E-state index in [9.17, 15) is 0 Å². The van der Waals surface area contributed by atoms with Gasteiger partial charge in [0.2, 0.25) is 0 Å². The van der Waals surface area contributed by atoms with Crippen LogP contribution in [0.2, 0.25) is 0 Å². The second-order valence-corrected chi connectivity index (χ2v) is 4.68. The maximum Gasteiger partial charge on any atom is 0.0927 e. The molecule has 14 heavy (non-hydrogen) atoms.